The molecule has 10 N–H and O–H groups in total. The van der Waals surface area contributed by atoms with Gasteiger partial charge in [0.25, 0.3) is 0 Å². The lowest BCUT2D eigenvalue weighted by molar-refractivity contribution is -0.142. The van der Waals surface area contributed by atoms with E-state index in [1.807, 2.05) is 0 Å². The molecule has 82 heavy (non-hydrogen) atoms. The van der Waals surface area contributed by atoms with Crippen LogP contribution in [-0.4, -0.2) is 117 Å². The topological polar surface area (TPSA) is 177 Å². The number of rotatable bonds is 34. The van der Waals surface area contributed by atoms with E-state index in [1.54, 1.807) is 0 Å². The Morgan fingerprint density at radius 2 is 0.768 bits per heavy atom. The molecule has 8 rings (SSSR count). The second-order valence-corrected chi connectivity index (χ2v) is 30.2. The number of nitrogens with two attached hydrogens (primary N) is 2. The Morgan fingerprint density at radius 3 is 1.13 bits per heavy atom. The number of hydrogen-bond acceptors (Lipinski definition) is 12. The molecule has 0 spiro atoms. The highest BCUT2D eigenvalue weighted by atomic mass is 16.5. The number of methoxy groups -OCH3 is 2. The molecule has 8 aliphatic carbocycles. The fourth-order valence-corrected chi connectivity index (χ4v) is 21.1. The van der Waals surface area contributed by atoms with Crippen LogP contribution in [0.25, 0.3) is 0 Å². The van der Waals surface area contributed by atoms with E-state index in [0.717, 1.165) is 175 Å². The van der Waals surface area contributed by atoms with E-state index in [0.29, 0.717) is 46.3 Å². The number of esters is 2. The summed E-state index contributed by atoms with van der Waals surface area (Å²) in [4.78, 5) is 23.6. The highest BCUT2D eigenvalue weighted by Gasteiger charge is 2.62. The number of nitrogens with one attached hydrogen (secondary N) is 6. The smallest absolute Gasteiger partial charge is 0.305 e. The first-order valence-corrected chi connectivity index (χ1v) is 35.5. The van der Waals surface area contributed by atoms with Crippen molar-refractivity contribution in [1.82, 2.24) is 31.9 Å². The lowest BCUT2D eigenvalue weighted by Gasteiger charge is -2.61. The minimum absolute atomic E-state index is 0.0398. The largest absolute Gasteiger partial charge is 0.469 e. The van der Waals surface area contributed by atoms with Crippen molar-refractivity contribution in [2.24, 2.45) is 104 Å². The fourth-order valence-electron chi connectivity index (χ4n) is 21.1. The predicted molar refractivity (Wildman–Crippen MR) is 341 cm³/mol. The van der Waals surface area contributed by atoms with E-state index >= 15 is 0 Å². The third kappa shape index (κ3) is 17.5. The molecule has 12 nitrogen and oxygen atoms in total. The maximum absolute atomic E-state index is 11.8. The molecule has 8 aliphatic rings. The van der Waals surface area contributed by atoms with Crippen molar-refractivity contribution >= 4 is 11.9 Å². The number of fused-ring (bicyclic) bond motifs is 10. The molecular weight excluding hydrogens is 1020 g/mol. The van der Waals surface area contributed by atoms with Gasteiger partial charge in [0.1, 0.15) is 0 Å². The van der Waals surface area contributed by atoms with E-state index in [1.165, 1.54) is 168 Å². The summed E-state index contributed by atoms with van der Waals surface area (Å²) in [5.41, 5.74) is 13.1. The zero-order valence-electron chi connectivity index (χ0n) is 54.6. The Balaban J connectivity index is 0.000000236. The van der Waals surface area contributed by atoms with Gasteiger partial charge in [-0.2, -0.15) is 0 Å². The lowest BCUT2D eigenvalue weighted by atomic mass is 9.44. The highest BCUT2D eigenvalue weighted by molar-refractivity contribution is 5.69. The highest BCUT2D eigenvalue weighted by Crippen LogP contribution is 2.70. The average molecular weight is 1150 g/mol. The van der Waals surface area contributed by atoms with E-state index in [2.05, 4.69) is 73.4 Å². The molecule has 0 amide bonds. The van der Waals surface area contributed by atoms with E-state index in [-0.39, 0.29) is 11.9 Å². The van der Waals surface area contributed by atoms with Gasteiger partial charge in [0.05, 0.1) is 14.2 Å². The number of ether oxygens (including phenoxy) is 2. The van der Waals surface area contributed by atoms with Crippen LogP contribution in [0.4, 0.5) is 0 Å². The zero-order chi connectivity index (χ0) is 58.6. The van der Waals surface area contributed by atoms with Gasteiger partial charge >= 0.3 is 11.9 Å². The summed E-state index contributed by atoms with van der Waals surface area (Å²) >= 11 is 0. The summed E-state index contributed by atoms with van der Waals surface area (Å²) in [5.74, 6) is 10.1. The van der Waals surface area contributed by atoms with Crippen LogP contribution in [0.2, 0.25) is 0 Å². The summed E-state index contributed by atoms with van der Waals surface area (Å²) in [6.07, 6.45) is 38.3. The van der Waals surface area contributed by atoms with Gasteiger partial charge in [-0.25, -0.2) is 0 Å². The zero-order valence-corrected chi connectivity index (χ0v) is 54.6. The first kappa shape index (κ1) is 68.1. The van der Waals surface area contributed by atoms with Crippen LogP contribution in [0.15, 0.2) is 0 Å². The minimum atomic E-state index is -0.0398. The molecule has 476 valence electrons. The predicted octanol–water partition coefficient (Wildman–Crippen LogP) is 11.8. The van der Waals surface area contributed by atoms with Gasteiger partial charge in [-0.15, -0.1) is 0 Å². The Kier molecular flexibility index (Phi) is 28.1. The summed E-state index contributed by atoms with van der Waals surface area (Å²) in [7, 11) is 3.04. The number of hydrogen-bond donors (Lipinski definition) is 8. The quantitative estimate of drug-likeness (QED) is 0.0226. The first-order chi connectivity index (χ1) is 39.7. The maximum Gasteiger partial charge on any atom is 0.305 e. The Labute approximate surface area is 503 Å². The van der Waals surface area contributed by atoms with Crippen LogP contribution in [0.1, 0.15) is 234 Å². The second kappa shape index (κ2) is 33.8. The normalized spacial score (nSPS) is 37.2. The maximum atomic E-state index is 11.8. The molecule has 12 heteroatoms. The lowest BCUT2D eigenvalue weighted by Crippen LogP contribution is -2.55. The molecule has 0 aromatic rings. The molecule has 0 saturated heterocycles. The van der Waals surface area contributed by atoms with Crippen molar-refractivity contribution in [3.05, 3.63) is 0 Å². The third-order valence-corrected chi connectivity index (χ3v) is 25.9. The Morgan fingerprint density at radius 1 is 0.427 bits per heavy atom. The number of unbranched alkanes of at least 4 members (excludes halogenated alkanes) is 2. The molecule has 0 aromatic heterocycles. The van der Waals surface area contributed by atoms with Crippen molar-refractivity contribution in [1.29, 1.82) is 0 Å². The van der Waals surface area contributed by atoms with Gasteiger partial charge in [0.15, 0.2) is 0 Å². The van der Waals surface area contributed by atoms with Gasteiger partial charge in [-0.3, -0.25) is 9.59 Å². The molecule has 0 aromatic carbocycles. The van der Waals surface area contributed by atoms with Crippen LogP contribution in [0, 0.1) is 92.7 Å². The first-order valence-electron chi connectivity index (χ1n) is 35.5. The van der Waals surface area contributed by atoms with E-state index in [4.69, 9.17) is 20.9 Å². The fraction of sp³-hybridized carbons (Fsp3) is 0.971. The SMILES string of the molecule is COC(=O)CCC(C)[C@H]1CCC2C3CC[C@H]4C[C@@H](NCCCNCCCCNCCCN)CC[C@]4(C)C3CC[C@@]21C.COC(=O)CCC(C)[C@H]1CCC2C3CC[C@H]4C[C@H](NCCCNCCCCNCCCN)CC[C@]4(C)C3CC[C@@]21C. The third-order valence-electron chi connectivity index (χ3n) is 25.9. The monoisotopic (exact) mass is 1150 g/mol. The second-order valence-electron chi connectivity index (χ2n) is 30.2. The van der Waals surface area contributed by atoms with E-state index < -0.39 is 0 Å². The van der Waals surface area contributed by atoms with Crippen molar-refractivity contribution in [2.45, 2.75) is 246 Å². The summed E-state index contributed by atoms with van der Waals surface area (Å²) in [6.45, 7) is 28.3. The van der Waals surface area contributed by atoms with Gasteiger partial charge in [-0.05, 0) is 351 Å². The van der Waals surface area contributed by atoms with Crippen LogP contribution in [0.3, 0.4) is 0 Å². The average Bonchev–Trinajstić information content (AvgIpc) is 1.72. The summed E-state index contributed by atoms with van der Waals surface area (Å²) in [5, 5.41) is 22.2. The Bertz CT molecular complexity index is 1720. The van der Waals surface area contributed by atoms with Gasteiger partial charge in [0.2, 0.25) is 0 Å². The van der Waals surface area contributed by atoms with Crippen LogP contribution >= 0.6 is 0 Å². The minimum Gasteiger partial charge on any atom is -0.469 e. The molecule has 8 fully saturated rings. The van der Waals surface area contributed by atoms with Crippen LogP contribution in [-0.2, 0) is 19.1 Å². The van der Waals surface area contributed by atoms with Crippen molar-refractivity contribution < 1.29 is 19.1 Å². The van der Waals surface area contributed by atoms with Crippen molar-refractivity contribution in [3.63, 3.8) is 0 Å². The number of carbonyl (C=O) groups excluding carboxylic acids is 2. The molecule has 0 bridgehead atoms. The van der Waals surface area contributed by atoms with Gasteiger partial charge in [-0.1, -0.05) is 41.5 Å². The van der Waals surface area contributed by atoms with Crippen molar-refractivity contribution in [2.75, 3.05) is 92.8 Å². The van der Waals surface area contributed by atoms with Crippen molar-refractivity contribution in [3.8, 4) is 0 Å². The molecule has 0 heterocycles. The van der Waals surface area contributed by atoms with Crippen LogP contribution < -0.4 is 43.4 Å². The molecule has 8 unspecified atom stereocenters. The molecule has 8 saturated carbocycles. The van der Waals surface area contributed by atoms with Crippen LogP contribution in [0.5, 0.6) is 0 Å². The standard InChI is InChI=1S/2C35H66N4O2/c2*1-26(9-14-33(40)41-4)30-12-13-31-29-11-10-27-25-28(15-17-34(27,2)32(29)16-18-35(30,31)3)39-24-8-23-38-21-6-5-20-37-22-7-19-36/h2*26-32,37-39H,5-25,36H2,1-4H3/t26?,27-,28+,29?,30+,31?,32?,34-,35+;26?,27-,28-,29?,30+,31?,32?,34-,35+/m00/s1. The molecule has 0 radical (unpaired) electrons. The Hall–Kier alpha value is -1.38. The summed E-state index contributed by atoms with van der Waals surface area (Å²) < 4.78 is 9.89. The molecule has 0 aliphatic heterocycles. The van der Waals surface area contributed by atoms with E-state index in [9.17, 15) is 9.59 Å². The molecular formula is C70H132N8O4. The number of carbonyl (C=O) groups is 2. The summed E-state index contributed by atoms with van der Waals surface area (Å²) in [6, 6.07) is 1.45. The molecule has 18 atom stereocenters. The van der Waals surface area contributed by atoms with Gasteiger partial charge < -0.3 is 52.8 Å². The van der Waals surface area contributed by atoms with Gasteiger partial charge in [0, 0.05) is 24.9 Å².